The van der Waals surface area contributed by atoms with Crippen molar-refractivity contribution in [2.75, 3.05) is 26.2 Å². The lowest BCUT2D eigenvalue weighted by molar-refractivity contribution is -0.136. The minimum atomic E-state index is -3.56. The molecule has 1 saturated carbocycles. The van der Waals surface area contributed by atoms with E-state index in [4.69, 9.17) is 5.11 Å². The maximum atomic E-state index is 12.9. The quantitative estimate of drug-likeness (QED) is 0.862. The van der Waals surface area contributed by atoms with Crippen LogP contribution in [-0.2, 0) is 21.2 Å². The minimum absolute atomic E-state index is 0.168. The number of hydrogen-bond acceptors (Lipinski definition) is 4. The third kappa shape index (κ3) is 4.40. The summed E-state index contributed by atoms with van der Waals surface area (Å²) in [7, 11) is -3.56. The fraction of sp³-hybridized carbons (Fsp3) is 0.611. The summed E-state index contributed by atoms with van der Waals surface area (Å²) < 4.78 is 27.3. The average Bonchev–Trinajstić information content (AvgIpc) is 2.62. The number of carboxylic acids is 1. The molecule has 25 heavy (non-hydrogen) atoms. The summed E-state index contributed by atoms with van der Waals surface area (Å²) >= 11 is 0. The molecule has 7 heteroatoms. The van der Waals surface area contributed by atoms with E-state index >= 15 is 0 Å². The predicted molar refractivity (Wildman–Crippen MR) is 95.0 cm³/mol. The Kier molecular flexibility index (Phi) is 5.76. The Morgan fingerprint density at radius 1 is 1.08 bits per heavy atom. The zero-order valence-electron chi connectivity index (χ0n) is 14.4. The molecule has 0 unspecified atom stereocenters. The molecule has 1 heterocycles. The van der Waals surface area contributed by atoms with Crippen LogP contribution in [0.5, 0.6) is 0 Å². The number of sulfonamides is 1. The fourth-order valence-electron chi connectivity index (χ4n) is 3.89. The molecule has 0 spiro atoms. The van der Waals surface area contributed by atoms with Gasteiger partial charge in [-0.2, -0.15) is 4.31 Å². The van der Waals surface area contributed by atoms with Gasteiger partial charge in [0.1, 0.15) is 0 Å². The summed E-state index contributed by atoms with van der Waals surface area (Å²) in [5, 5.41) is 8.90. The van der Waals surface area contributed by atoms with Crippen LogP contribution >= 0.6 is 0 Å². The zero-order valence-corrected chi connectivity index (χ0v) is 15.2. The van der Waals surface area contributed by atoms with E-state index in [-0.39, 0.29) is 11.3 Å². The Balaban J connectivity index is 1.66. The Hall–Kier alpha value is -1.44. The van der Waals surface area contributed by atoms with Gasteiger partial charge in [-0.15, -0.1) is 0 Å². The van der Waals surface area contributed by atoms with Crippen molar-refractivity contribution < 1.29 is 18.3 Å². The van der Waals surface area contributed by atoms with Gasteiger partial charge < -0.3 is 5.11 Å². The van der Waals surface area contributed by atoms with E-state index in [9.17, 15) is 13.2 Å². The second kappa shape index (κ2) is 7.85. The SMILES string of the molecule is O=C(O)Cc1cccc(S(=O)(=O)N2CCN(C3CCCCC3)CC2)c1. The van der Waals surface area contributed by atoms with Crippen LogP contribution in [0.2, 0.25) is 0 Å². The van der Waals surface area contributed by atoms with Crippen LogP contribution < -0.4 is 0 Å². The standard InChI is InChI=1S/C18H26N2O4S/c21-18(22)14-15-5-4-8-17(13-15)25(23,24)20-11-9-19(10-12-20)16-6-2-1-3-7-16/h4-5,8,13,16H,1-3,6-7,9-12,14H2,(H,21,22). The van der Waals surface area contributed by atoms with Crippen molar-refractivity contribution in [2.24, 2.45) is 0 Å². The molecule has 1 aromatic carbocycles. The molecular formula is C18H26N2O4S. The van der Waals surface area contributed by atoms with E-state index in [1.807, 2.05) is 0 Å². The van der Waals surface area contributed by atoms with Gasteiger partial charge in [-0.05, 0) is 30.5 Å². The van der Waals surface area contributed by atoms with Crippen molar-refractivity contribution >= 4 is 16.0 Å². The summed E-state index contributed by atoms with van der Waals surface area (Å²) in [6.07, 6.45) is 6.16. The van der Waals surface area contributed by atoms with Crippen LogP contribution in [0.1, 0.15) is 37.7 Å². The van der Waals surface area contributed by atoms with E-state index in [0.29, 0.717) is 24.7 Å². The van der Waals surface area contributed by atoms with Gasteiger partial charge in [0.25, 0.3) is 0 Å². The summed E-state index contributed by atoms with van der Waals surface area (Å²) in [6.45, 7) is 2.56. The van der Waals surface area contributed by atoms with Gasteiger partial charge >= 0.3 is 5.97 Å². The number of nitrogens with zero attached hydrogens (tertiary/aromatic N) is 2. The van der Waals surface area contributed by atoms with Crippen molar-refractivity contribution in [1.29, 1.82) is 0 Å². The summed E-state index contributed by atoms with van der Waals surface area (Å²) in [6, 6.07) is 6.90. The van der Waals surface area contributed by atoms with Crippen molar-refractivity contribution in [2.45, 2.75) is 49.5 Å². The number of piperazine rings is 1. The van der Waals surface area contributed by atoms with Gasteiger partial charge in [0.2, 0.25) is 10.0 Å². The lowest BCUT2D eigenvalue weighted by atomic mass is 9.94. The Morgan fingerprint density at radius 3 is 2.40 bits per heavy atom. The summed E-state index contributed by atoms with van der Waals surface area (Å²) in [5.74, 6) is -0.962. The predicted octanol–water partition coefficient (Wildman–Crippen LogP) is 1.95. The van der Waals surface area contributed by atoms with Gasteiger partial charge in [0.15, 0.2) is 0 Å². The highest BCUT2D eigenvalue weighted by Crippen LogP contribution is 2.25. The topological polar surface area (TPSA) is 77.9 Å². The molecule has 138 valence electrons. The molecule has 0 aromatic heterocycles. The van der Waals surface area contributed by atoms with Crippen LogP contribution in [0, 0.1) is 0 Å². The number of carbonyl (C=O) groups is 1. The maximum absolute atomic E-state index is 12.9. The van der Waals surface area contributed by atoms with Gasteiger partial charge in [0, 0.05) is 32.2 Å². The van der Waals surface area contributed by atoms with Crippen LogP contribution in [0.25, 0.3) is 0 Å². The van der Waals surface area contributed by atoms with E-state index in [1.165, 1.54) is 42.5 Å². The first kappa shape index (κ1) is 18.4. The van der Waals surface area contributed by atoms with Crippen LogP contribution in [-0.4, -0.2) is 60.9 Å². The zero-order chi connectivity index (χ0) is 17.9. The van der Waals surface area contributed by atoms with E-state index in [2.05, 4.69) is 4.90 Å². The molecule has 2 aliphatic rings. The van der Waals surface area contributed by atoms with E-state index < -0.39 is 16.0 Å². The van der Waals surface area contributed by atoms with Crippen molar-refractivity contribution in [3.8, 4) is 0 Å². The highest BCUT2D eigenvalue weighted by molar-refractivity contribution is 7.89. The summed E-state index contributed by atoms with van der Waals surface area (Å²) in [5.41, 5.74) is 0.509. The molecular weight excluding hydrogens is 340 g/mol. The first-order chi connectivity index (χ1) is 12.0. The Labute approximate surface area is 149 Å². The van der Waals surface area contributed by atoms with E-state index in [0.717, 1.165) is 13.1 Å². The molecule has 3 rings (SSSR count). The Morgan fingerprint density at radius 2 is 1.76 bits per heavy atom. The second-order valence-corrected chi connectivity index (χ2v) is 8.89. The van der Waals surface area contributed by atoms with Gasteiger partial charge in [-0.1, -0.05) is 31.4 Å². The monoisotopic (exact) mass is 366 g/mol. The molecule has 0 bridgehead atoms. The fourth-order valence-corrected chi connectivity index (χ4v) is 5.39. The molecule has 1 N–H and O–H groups in total. The lowest BCUT2D eigenvalue weighted by Crippen LogP contribution is -2.52. The van der Waals surface area contributed by atoms with Gasteiger partial charge in [-0.3, -0.25) is 9.69 Å². The van der Waals surface area contributed by atoms with Crippen LogP contribution in [0.4, 0.5) is 0 Å². The first-order valence-electron chi connectivity index (χ1n) is 9.02. The van der Waals surface area contributed by atoms with Crippen LogP contribution in [0.3, 0.4) is 0 Å². The first-order valence-corrected chi connectivity index (χ1v) is 10.5. The van der Waals surface area contributed by atoms with Crippen LogP contribution in [0.15, 0.2) is 29.2 Å². The largest absolute Gasteiger partial charge is 0.481 e. The highest BCUT2D eigenvalue weighted by atomic mass is 32.2. The van der Waals surface area contributed by atoms with Crippen molar-refractivity contribution in [3.63, 3.8) is 0 Å². The van der Waals surface area contributed by atoms with Gasteiger partial charge in [0.05, 0.1) is 11.3 Å². The third-order valence-electron chi connectivity index (χ3n) is 5.26. The third-order valence-corrected chi connectivity index (χ3v) is 7.15. The normalized spacial score (nSPS) is 21.3. The maximum Gasteiger partial charge on any atom is 0.307 e. The molecule has 0 radical (unpaired) electrons. The van der Waals surface area contributed by atoms with Crippen molar-refractivity contribution in [1.82, 2.24) is 9.21 Å². The summed E-state index contributed by atoms with van der Waals surface area (Å²) in [4.78, 5) is 13.5. The minimum Gasteiger partial charge on any atom is -0.481 e. The molecule has 1 aromatic rings. The molecule has 6 nitrogen and oxygen atoms in total. The number of aliphatic carboxylic acids is 1. The molecule has 0 atom stereocenters. The Bertz CT molecular complexity index is 706. The number of benzene rings is 1. The molecule has 0 amide bonds. The number of carboxylic acid groups (broad SMARTS) is 1. The lowest BCUT2D eigenvalue weighted by Gasteiger charge is -2.40. The van der Waals surface area contributed by atoms with Gasteiger partial charge in [-0.25, -0.2) is 8.42 Å². The molecule has 1 aliphatic heterocycles. The second-order valence-electron chi connectivity index (χ2n) is 6.95. The highest BCUT2D eigenvalue weighted by Gasteiger charge is 2.31. The number of rotatable bonds is 5. The molecule has 1 aliphatic carbocycles. The molecule has 2 fully saturated rings. The molecule has 1 saturated heterocycles. The van der Waals surface area contributed by atoms with E-state index in [1.54, 1.807) is 18.2 Å². The number of hydrogen-bond donors (Lipinski definition) is 1. The average molecular weight is 366 g/mol. The smallest absolute Gasteiger partial charge is 0.307 e. The van der Waals surface area contributed by atoms with Crippen molar-refractivity contribution in [3.05, 3.63) is 29.8 Å².